The van der Waals surface area contributed by atoms with Crippen LogP contribution in [0.15, 0.2) is 41.3 Å². The molecule has 0 heterocycles. The maximum atomic E-state index is 11.3. The predicted octanol–water partition coefficient (Wildman–Crippen LogP) is 1.03. The zero-order valence-electron chi connectivity index (χ0n) is 8.07. The molecule has 0 radical (unpaired) electrons. The number of hydrogen-bond donors (Lipinski definition) is 0. The molecule has 2 aromatic carbocycles. The molecule has 0 bridgehead atoms. The summed E-state index contributed by atoms with van der Waals surface area (Å²) in [4.78, 5) is 0.172. The van der Waals surface area contributed by atoms with Gasteiger partial charge in [-0.2, -0.15) is 0 Å². The molecule has 76 valence electrons. The fraction of sp³-hybridized carbons (Fsp3) is 0. The fourth-order valence-electron chi connectivity index (χ4n) is 1.63. The van der Waals surface area contributed by atoms with Gasteiger partial charge in [0.2, 0.25) is 0 Å². The molecule has 0 fully saturated rings. The summed E-state index contributed by atoms with van der Waals surface area (Å²) < 4.78 is 22.6. The molecular formula is C10H8BClO2S. The smallest absolute Gasteiger partial charge is 0.207 e. The van der Waals surface area contributed by atoms with E-state index in [0.29, 0.717) is 5.39 Å². The third-order valence-electron chi connectivity index (χ3n) is 2.36. The summed E-state index contributed by atoms with van der Waals surface area (Å²) in [6.45, 7) is 0. The average Bonchev–Trinajstić information content (AvgIpc) is 2.17. The van der Waals surface area contributed by atoms with E-state index in [1.54, 1.807) is 24.3 Å². The highest BCUT2D eigenvalue weighted by Crippen LogP contribution is 2.23. The van der Waals surface area contributed by atoms with Gasteiger partial charge < -0.3 is 0 Å². The van der Waals surface area contributed by atoms with Crippen LogP contribution in [0.25, 0.3) is 10.8 Å². The zero-order valence-corrected chi connectivity index (χ0v) is 9.64. The van der Waals surface area contributed by atoms with Gasteiger partial charge in [-0.05, 0) is 11.5 Å². The number of halogens is 1. The topological polar surface area (TPSA) is 34.1 Å². The molecule has 0 saturated carbocycles. The summed E-state index contributed by atoms with van der Waals surface area (Å²) in [5, 5.41) is 1.59. The number of fused-ring (bicyclic) bond motifs is 1. The molecule has 2 nitrogen and oxygen atoms in total. The van der Waals surface area contributed by atoms with Crippen molar-refractivity contribution in [3.05, 3.63) is 36.4 Å². The summed E-state index contributed by atoms with van der Waals surface area (Å²) in [5.41, 5.74) is 1.04. The lowest BCUT2D eigenvalue weighted by molar-refractivity contribution is 0.610. The molecule has 0 amide bonds. The van der Waals surface area contributed by atoms with Crippen molar-refractivity contribution < 1.29 is 8.42 Å². The third-order valence-corrected chi connectivity index (χ3v) is 3.74. The van der Waals surface area contributed by atoms with Crippen LogP contribution in [-0.2, 0) is 9.05 Å². The highest BCUT2D eigenvalue weighted by Gasteiger charge is 2.14. The van der Waals surface area contributed by atoms with Crippen LogP contribution in [0.5, 0.6) is 0 Å². The van der Waals surface area contributed by atoms with Gasteiger partial charge in [-0.15, -0.1) is 0 Å². The molecule has 0 aliphatic rings. The van der Waals surface area contributed by atoms with Gasteiger partial charge in [-0.3, -0.25) is 0 Å². The van der Waals surface area contributed by atoms with Crippen LogP contribution in [0, 0.1) is 0 Å². The predicted molar refractivity (Wildman–Crippen MR) is 65.2 cm³/mol. The van der Waals surface area contributed by atoms with Crippen molar-refractivity contribution in [1.82, 2.24) is 0 Å². The molecule has 5 heteroatoms. The van der Waals surface area contributed by atoms with Gasteiger partial charge in [0.1, 0.15) is 7.85 Å². The van der Waals surface area contributed by atoms with Crippen molar-refractivity contribution in [1.29, 1.82) is 0 Å². The Bertz CT molecular complexity index is 622. The first-order chi connectivity index (χ1) is 7.00. The van der Waals surface area contributed by atoms with Gasteiger partial charge >= 0.3 is 0 Å². The summed E-state index contributed by atoms with van der Waals surface area (Å²) in [5.74, 6) is 0. The average molecular weight is 239 g/mol. The van der Waals surface area contributed by atoms with E-state index < -0.39 is 9.05 Å². The maximum absolute atomic E-state index is 11.3. The lowest BCUT2D eigenvalue weighted by Gasteiger charge is -2.05. The zero-order chi connectivity index (χ0) is 11.1. The molecular weight excluding hydrogens is 230 g/mol. The fourth-order valence-corrected chi connectivity index (χ4v) is 2.71. The van der Waals surface area contributed by atoms with E-state index in [9.17, 15) is 8.42 Å². The van der Waals surface area contributed by atoms with E-state index in [4.69, 9.17) is 10.7 Å². The van der Waals surface area contributed by atoms with Crippen LogP contribution >= 0.6 is 10.7 Å². The molecule has 0 aliphatic heterocycles. The summed E-state index contributed by atoms with van der Waals surface area (Å²) in [6.07, 6.45) is 0. The van der Waals surface area contributed by atoms with Gasteiger partial charge in [0.05, 0.1) is 4.90 Å². The van der Waals surface area contributed by atoms with Crippen molar-refractivity contribution in [2.24, 2.45) is 0 Å². The Labute approximate surface area is 93.7 Å². The molecule has 2 aromatic rings. The number of benzene rings is 2. The molecule has 15 heavy (non-hydrogen) atoms. The molecule has 0 saturated heterocycles. The van der Waals surface area contributed by atoms with Crippen molar-refractivity contribution in [2.45, 2.75) is 4.90 Å². The van der Waals surface area contributed by atoms with Crippen LogP contribution in [-0.4, -0.2) is 16.3 Å². The Kier molecular flexibility index (Phi) is 2.48. The number of hydrogen-bond acceptors (Lipinski definition) is 2. The molecule has 2 rings (SSSR count). The standard InChI is InChI=1S/C10H8BClO2S/c11-9-5-6-10(15(12,13)14)8-4-2-1-3-7(8)9/h1-6H,11H2. The number of rotatable bonds is 1. The second-order valence-corrected chi connectivity index (χ2v) is 5.90. The first-order valence-corrected chi connectivity index (χ1v) is 6.74. The lowest BCUT2D eigenvalue weighted by atomic mass is 9.90. The van der Waals surface area contributed by atoms with Gasteiger partial charge in [0, 0.05) is 16.1 Å². The van der Waals surface area contributed by atoms with Crippen molar-refractivity contribution in [3.8, 4) is 0 Å². The Morgan fingerprint density at radius 2 is 1.60 bits per heavy atom. The maximum Gasteiger partial charge on any atom is 0.261 e. The molecule has 0 aromatic heterocycles. The van der Waals surface area contributed by atoms with Gasteiger partial charge in [0.25, 0.3) is 9.05 Å². The Morgan fingerprint density at radius 1 is 1.00 bits per heavy atom. The van der Waals surface area contributed by atoms with Gasteiger partial charge in [0.15, 0.2) is 0 Å². The van der Waals surface area contributed by atoms with E-state index in [2.05, 4.69) is 0 Å². The molecule has 0 unspecified atom stereocenters. The van der Waals surface area contributed by atoms with Crippen LogP contribution in [0.3, 0.4) is 0 Å². The Balaban J connectivity index is 2.96. The first kappa shape index (κ1) is 10.5. The van der Waals surface area contributed by atoms with Crippen LogP contribution in [0.2, 0.25) is 0 Å². The lowest BCUT2D eigenvalue weighted by Crippen LogP contribution is -2.05. The summed E-state index contributed by atoms with van der Waals surface area (Å²) in [7, 11) is 3.63. The minimum Gasteiger partial charge on any atom is -0.207 e. The third kappa shape index (κ3) is 1.87. The summed E-state index contributed by atoms with van der Waals surface area (Å²) >= 11 is 0. The second-order valence-electron chi connectivity index (χ2n) is 3.36. The summed E-state index contributed by atoms with van der Waals surface area (Å²) in [6, 6.07) is 10.6. The van der Waals surface area contributed by atoms with Crippen LogP contribution < -0.4 is 5.46 Å². The molecule has 0 spiro atoms. The molecule has 0 atom stereocenters. The molecule has 0 aliphatic carbocycles. The van der Waals surface area contributed by atoms with Crippen LogP contribution in [0.1, 0.15) is 0 Å². The quantitative estimate of drug-likeness (QED) is 0.549. The van der Waals surface area contributed by atoms with E-state index in [0.717, 1.165) is 10.8 Å². The van der Waals surface area contributed by atoms with Gasteiger partial charge in [-0.25, -0.2) is 8.42 Å². The van der Waals surface area contributed by atoms with E-state index >= 15 is 0 Å². The highest BCUT2D eigenvalue weighted by molar-refractivity contribution is 8.14. The van der Waals surface area contributed by atoms with Crippen molar-refractivity contribution in [3.63, 3.8) is 0 Å². The van der Waals surface area contributed by atoms with E-state index in [1.807, 2.05) is 20.0 Å². The monoisotopic (exact) mass is 238 g/mol. The Hall–Kier alpha value is -0.995. The molecule has 0 N–H and O–H groups in total. The Morgan fingerprint density at radius 3 is 2.20 bits per heavy atom. The largest absolute Gasteiger partial charge is 0.261 e. The first-order valence-electron chi connectivity index (χ1n) is 4.43. The van der Waals surface area contributed by atoms with E-state index in [-0.39, 0.29) is 4.90 Å². The normalized spacial score (nSPS) is 11.8. The minimum absolute atomic E-state index is 0.172. The van der Waals surface area contributed by atoms with E-state index in [1.165, 1.54) is 0 Å². The second kappa shape index (κ2) is 3.54. The van der Waals surface area contributed by atoms with Crippen LogP contribution in [0.4, 0.5) is 0 Å². The SMILES string of the molecule is Bc1ccc(S(=O)(=O)Cl)c2ccccc12. The minimum atomic E-state index is -3.67. The highest BCUT2D eigenvalue weighted by atomic mass is 35.7. The van der Waals surface area contributed by atoms with Crippen molar-refractivity contribution >= 4 is 43.8 Å². The van der Waals surface area contributed by atoms with Crippen molar-refractivity contribution in [2.75, 3.05) is 0 Å². The van der Waals surface area contributed by atoms with Gasteiger partial charge in [-0.1, -0.05) is 35.8 Å².